The molecule has 0 N–H and O–H groups in total. The Labute approximate surface area is 197 Å². The minimum atomic E-state index is -0.468. The SMILES string of the molecule is CCOc1cc(/C=C2/SC(=S)N(c3cccc(F)c3)C2=O)ccc1OC(=O)c1cccs1. The summed E-state index contributed by atoms with van der Waals surface area (Å²) in [5.41, 5.74) is 1.05. The van der Waals surface area contributed by atoms with E-state index in [1.54, 1.807) is 47.9 Å². The average Bonchev–Trinajstić information content (AvgIpc) is 3.39. The normalized spacial score (nSPS) is 14.8. The van der Waals surface area contributed by atoms with E-state index in [0.717, 1.165) is 11.8 Å². The summed E-state index contributed by atoms with van der Waals surface area (Å²) < 4.78 is 25.0. The first kappa shape index (κ1) is 22.2. The van der Waals surface area contributed by atoms with Gasteiger partial charge in [0.1, 0.15) is 10.7 Å². The summed E-state index contributed by atoms with van der Waals surface area (Å²) in [5.74, 6) is -0.586. The number of benzene rings is 2. The third kappa shape index (κ3) is 4.74. The number of carbonyl (C=O) groups is 2. The summed E-state index contributed by atoms with van der Waals surface area (Å²) in [6, 6.07) is 14.2. The van der Waals surface area contributed by atoms with Gasteiger partial charge in [-0.2, -0.15) is 0 Å². The number of thioether (sulfide) groups is 1. The van der Waals surface area contributed by atoms with Crippen LogP contribution in [0.4, 0.5) is 10.1 Å². The fourth-order valence-corrected chi connectivity index (χ4v) is 4.87. The van der Waals surface area contributed by atoms with E-state index in [9.17, 15) is 14.0 Å². The summed E-state index contributed by atoms with van der Waals surface area (Å²) in [6.45, 7) is 2.19. The quantitative estimate of drug-likeness (QED) is 0.187. The van der Waals surface area contributed by atoms with Crippen LogP contribution in [0.1, 0.15) is 22.2 Å². The highest BCUT2D eigenvalue weighted by Gasteiger charge is 2.33. The molecule has 1 saturated heterocycles. The highest BCUT2D eigenvalue weighted by molar-refractivity contribution is 8.27. The van der Waals surface area contributed by atoms with Crippen molar-refractivity contribution >= 4 is 63.3 Å². The predicted molar refractivity (Wildman–Crippen MR) is 129 cm³/mol. The van der Waals surface area contributed by atoms with Crippen LogP contribution in [0.5, 0.6) is 11.5 Å². The van der Waals surface area contributed by atoms with Gasteiger partial charge in [0.05, 0.1) is 17.2 Å². The monoisotopic (exact) mass is 485 g/mol. The lowest BCUT2D eigenvalue weighted by Gasteiger charge is -2.14. The number of halogens is 1. The van der Waals surface area contributed by atoms with E-state index in [-0.39, 0.29) is 11.7 Å². The molecule has 1 aromatic heterocycles. The Kier molecular flexibility index (Phi) is 6.69. The molecular formula is C23H16FNO4S3. The molecule has 0 radical (unpaired) electrons. The van der Waals surface area contributed by atoms with Crippen LogP contribution in [0, 0.1) is 5.82 Å². The van der Waals surface area contributed by atoms with Crippen LogP contribution < -0.4 is 14.4 Å². The number of carbonyl (C=O) groups excluding carboxylic acids is 2. The fourth-order valence-electron chi connectivity index (χ4n) is 2.97. The van der Waals surface area contributed by atoms with Gasteiger partial charge in [0.15, 0.2) is 15.8 Å². The van der Waals surface area contributed by atoms with Gasteiger partial charge in [-0.1, -0.05) is 42.2 Å². The lowest BCUT2D eigenvalue weighted by Crippen LogP contribution is -2.27. The zero-order valence-electron chi connectivity index (χ0n) is 16.7. The van der Waals surface area contributed by atoms with Crippen LogP contribution in [0.3, 0.4) is 0 Å². The van der Waals surface area contributed by atoms with Gasteiger partial charge in [0, 0.05) is 0 Å². The second-order valence-electron chi connectivity index (χ2n) is 6.50. The highest BCUT2D eigenvalue weighted by Crippen LogP contribution is 2.37. The van der Waals surface area contributed by atoms with E-state index in [1.165, 1.54) is 34.4 Å². The van der Waals surface area contributed by atoms with Crippen molar-refractivity contribution in [3.05, 3.63) is 81.1 Å². The minimum Gasteiger partial charge on any atom is -0.490 e. The number of hydrogen-bond donors (Lipinski definition) is 0. The molecule has 1 amide bonds. The number of amides is 1. The van der Waals surface area contributed by atoms with Crippen molar-refractivity contribution in [2.45, 2.75) is 6.92 Å². The number of rotatable bonds is 6. The van der Waals surface area contributed by atoms with E-state index in [4.69, 9.17) is 21.7 Å². The third-order valence-corrected chi connectivity index (χ3v) is 6.50. The van der Waals surface area contributed by atoms with Crippen LogP contribution in [-0.2, 0) is 4.79 Å². The van der Waals surface area contributed by atoms with Crippen molar-refractivity contribution in [1.82, 2.24) is 0 Å². The zero-order chi connectivity index (χ0) is 22.7. The van der Waals surface area contributed by atoms with Crippen LogP contribution in [0.25, 0.3) is 6.08 Å². The maximum Gasteiger partial charge on any atom is 0.353 e. The van der Waals surface area contributed by atoms with Crippen LogP contribution in [-0.4, -0.2) is 22.8 Å². The number of ether oxygens (including phenoxy) is 2. The van der Waals surface area contributed by atoms with Crippen molar-refractivity contribution in [3.8, 4) is 11.5 Å². The molecule has 0 unspecified atom stereocenters. The molecule has 2 heterocycles. The molecule has 0 saturated carbocycles. The van der Waals surface area contributed by atoms with E-state index in [1.807, 2.05) is 6.92 Å². The van der Waals surface area contributed by atoms with Crippen LogP contribution >= 0.6 is 35.3 Å². The maximum atomic E-state index is 13.6. The van der Waals surface area contributed by atoms with Gasteiger partial charge in [0.25, 0.3) is 5.91 Å². The predicted octanol–water partition coefficient (Wildman–Crippen LogP) is 5.91. The molecule has 0 spiro atoms. The van der Waals surface area contributed by atoms with Crippen molar-refractivity contribution in [2.24, 2.45) is 0 Å². The molecule has 32 heavy (non-hydrogen) atoms. The van der Waals surface area contributed by atoms with E-state index >= 15 is 0 Å². The molecule has 1 aliphatic heterocycles. The molecule has 0 aliphatic carbocycles. The summed E-state index contributed by atoms with van der Waals surface area (Å²) in [7, 11) is 0. The summed E-state index contributed by atoms with van der Waals surface area (Å²) >= 11 is 7.75. The number of hydrogen-bond acceptors (Lipinski definition) is 7. The number of thiophene rings is 1. The lowest BCUT2D eigenvalue weighted by atomic mass is 10.1. The minimum absolute atomic E-state index is 0.287. The smallest absolute Gasteiger partial charge is 0.353 e. The molecular weight excluding hydrogens is 469 g/mol. The second-order valence-corrected chi connectivity index (χ2v) is 9.13. The molecule has 9 heteroatoms. The molecule has 5 nitrogen and oxygen atoms in total. The number of thiocarbonyl (C=S) groups is 1. The van der Waals surface area contributed by atoms with Gasteiger partial charge in [-0.3, -0.25) is 9.69 Å². The van der Waals surface area contributed by atoms with Crippen LogP contribution in [0.15, 0.2) is 64.9 Å². The Morgan fingerprint density at radius 3 is 2.72 bits per heavy atom. The van der Waals surface area contributed by atoms with Crippen molar-refractivity contribution in [3.63, 3.8) is 0 Å². The molecule has 3 aromatic rings. The molecule has 0 bridgehead atoms. The second kappa shape index (κ2) is 9.64. The molecule has 0 atom stereocenters. The molecule has 1 aliphatic rings. The van der Waals surface area contributed by atoms with Gasteiger partial charge in [-0.15, -0.1) is 11.3 Å². The zero-order valence-corrected chi connectivity index (χ0v) is 19.2. The summed E-state index contributed by atoms with van der Waals surface area (Å²) in [5, 5.41) is 1.79. The Morgan fingerprint density at radius 1 is 1.16 bits per heavy atom. The topological polar surface area (TPSA) is 55.8 Å². The Morgan fingerprint density at radius 2 is 2.00 bits per heavy atom. The van der Waals surface area contributed by atoms with Gasteiger partial charge >= 0.3 is 5.97 Å². The Hall–Kier alpha value is -3.01. The fraction of sp³-hybridized carbons (Fsp3) is 0.0870. The maximum absolute atomic E-state index is 13.6. The van der Waals surface area contributed by atoms with E-state index < -0.39 is 11.8 Å². The lowest BCUT2D eigenvalue weighted by molar-refractivity contribution is -0.113. The molecule has 162 valence electrons. The van der Waals surface area contributed by atoms with Gasteiger partial charge in [-0.05, 0) is 60.3 Å². The number of nitrogens with zero attached hydrogens (tertiary/aromatic N) is 1. The van der Waals surface area contributed by atoms with Crippen molar-refractivity contribution in [1.29, 1.82) is 0 Å². The Bertz CT molecular complexity index is 1220. The highest BCUT2D eigenvalue weighted by atomic mass is 32.2. The van der Waals surface area contributed by atoms with Gasteiger partial charge < -0.3 is 9.47 Å². The van der Waals surface area contributed by atoms with Crippen LogP contribution in [0.2, 0.25) is 0 Å². The van der Waals surface area contributed by atoms with Crippen molar-refractivity contribution < 1.29 is 23.5 Å². The number of esters is 1. The summed E-state index contributed by atoms with van der Waals surface area (Å²) in [4.78, 5) is 27.4. The standard InChI is InChI=1S/C23H16FNO4S3/c1-2-28-18-11-14(8-9-17(18)29-22(27)19-7-4-10-31-19)12-20-21(26)25(23(30)32-20)16-6-3-5-15(24)13-16/h3-13H,2H2,1H3/b20-12+. The largest absolute Gasteiger partial charge is 0.490 e. The van der Waals surface area contributed by atoms with Gasteiger partial charge in [0.2, 0.25) is 0 Å². The van der Waals surface area contributed by atoms with E-state index in [0.29, 0.717) is 37.7 Å². The number of anilines is 1. The molecule has 2 aromatic carbocycles. The Balaban J connectivity index is 1.59. The van der Waals surface area contributed by atoms with Gasteiger partial charge in [-0.25, -0.2) is 9.18 Å². The van der Waals surface area contributed by atoms with Crippen molar-refractivity contribution in [2.75, 3.05) is 11.5 Å². The first-order valence-corrected chi connectivity index (χ1v) is 11.6. The first-order chi connectivity index (χ1) is 15.5. The average molecular weight is 486 g/mol. The van der Waals surface area contributed by atoms with E-state index in [2.05, 4.69) is 0 Å². The third-order valence-electron chi connectivity index (χ3n) is 4.35. The molecule has 1 fully saturated rings. The first-order valence-electron chi connectivity index (χ1n) is 9.52. The molecule has 4 rings (SSSR count). The summed E-state index contributed by atoms with van der Waals surface area (Å²) in [6.07, 6.45) is 1.67.